The van der Waals surface area contributed by atoms with Gasteiger partial charge < -0.3 is 43.3 Å². The van der Waals surface area contributed by atoms with Crippen molar-refractivity contribution in [1.29, 1.82) is 0 Å². The van der Waals surface area contributed by atoms with Gasteiger partial charge in [-0.25, -0.2) is 14.4 Å². The largest absolute Gasteiger partial charge is 0.383 e. The normalized spacial score (nSPS) is 17.9. The van der Waals surface area contributed by atoms with Crippen LogP contribution in [0.4, 0.5) is 27.9 Å². The molecule has 2 aromatic rings. The summed E-state index contributed by atoms with van der Waals surface area (Å²) < 4.78 is 41.8. The second-order valence-corrected chi connectivity index (χ2v) is 10.6. The highest BCUT2D eigenvalue weighted by atomic mass is 19.1. The van der Waals surface area contributed by atoms with E-state index in [0.29, 0.717) is 94.3 Å². The average Bonchev–Trinajstić information content (AvgIpc) is 3.46. The molecule has 0 aromatic carbocycles. The molecule has 2 aromatic heterocycles. The molecule has 236 valence electrons. The molecule has 0 radical (unpaired) electrons. The lowest BCUT2D eigenvalue weighted by Crippen LogP contribution is -2.38. The van der Waals surface area contributed by atoms with Crippen LogP contribution in [0.3, 0.4) is 0 Å². The summed E-state index contributed by atoms with van der Waals surface area (Å²) in [5.41, 5.74) is 1.26. The molecule has 0 amide bonds. The number of hydrogen-bond donors (Lipinski definition) is 0. The quantitative estimate of drug-likeness (QED) is 0.266. The van der Waals surface area contributed by atoms with Gasteiger partial charge in [0, 0.05) is 81.4 Å². The van der Waals surface area contributed by atoms with Crippen LogP contribution in [0.5, 0.6) is 0 Å². The number of aromatic nitrogens is 4. The molecular weight excluding hydrogens is 547 g/mol. The van der Waals surface area contributed by atoms with Crippen molar-refractivity contribution in [1.82, 2.24) is 19.9 Å². The number of anilines is 4. The van der Waals surface area contributed by atoms with Crippen LogP contribution < -0.4 is 19.6 Å². The van der Waals surface area contributed by atoms with Gasteiger partial charge in [-0.15, -0.1) is 0 Å². The van der Waals surface area contributed by atoms with Crippen molar-refractivity contribution in [3.8, 4) is 0 Å². The van der Waals surface area contributed by atoms with E-state index >= 15 is 0 Å². The Bertz CT molecular complexity index is 1090. The van der Waals surface area contributed by atoms with E-state index in [9.17, 15) is 4.39 Å². The number of ether oxygens (including phenoxy) is 5. The Hall–Kier alpha value is -2.65. The summed E-state index contributed by atoms with van der Waals surface area (Å²) in [5, 5.41) is 0. The third-order valence-electron chi connectivity index (χ3n) is 7.82. The van der Waals surface area contributed by atoms with E-state index in [1.807, 2.05) is 9.80 Å². The Labute approximate surface area is 248 Å². The van der Waals surface area contributed by atoms with Gasteiger partial charge in [0.25, 0.3) is 0 Å². The van der Waals surface area contributed by atoms with E-state index in [-0.39, 0.29) is 12.6 Å². The molecule has 42 heavy (non-hydrogen) atoms. The Morgan fingerprint density at radius 1 is 0.643 bits per heavy atom. The van der Waals surface area contributed by atoms with Crippen LogP contribution in [-0.2, 0) is 23.7 Å². The van der Waals surface area contributed by atoms with E-state index in [1.54, 1.807) is 35.5 Å². The van der Waals surface area contributed by atoms with Crippen molar-refractivity contribution < 1.29 is 28.1 Å². The molecule has 0 N–H and O–H groups in total. The molecule has 0 saturated carbocycles. The van der Waals surface area contributed by atoms with Gasteiger partial charge in [-0.3, -0.25) is 0 Å². The van der Waals surface area contributed by atoms with E-state index in [4.69, 9.17) is 43.6 Å². The number of piperidine rings is 1. The summed E-state index contributed by atoms with van der Waals surface area (Å²) in [6.45, 7) is 6.67. The molecule has 14 heteroatoms. The molecule has 2 aliphatic heterocycles. The zero-order valence-electron chi connectivity index (χ0n) is 25.8. The molecule has 13 nitrogen and oxygen atoms in total. The van der Waals surface area contributed by atoms with E-state index in [0.717, 1.165) is 31.7 Å². The monoisotopic (exact) mass is 594 g/mol. The highest BCUT2D eigenvalue weighted by Gasteiger charge is 2.31. The first-order valence-corrected chi connectivity index (χ1v) is 14.7. The first-order valence-electron chi connectivity index (χ1n) is 14.7. The maximum atomic E-state index is 14.6. The van der Waals surface area contributed by atoms with Gasteiger partial charge in [0.2, 0.25) is 11.9 Å². The van der Waals surface area contributed by atoms with Crippen LogP contribution in [0.25, 0.3) is 11.0 Å². The summed E-state index contributed by atoms with van der Waals surface area (Å²) in [6.07, 6.45) is 1.48. The van der Waals surface area contributed by atoms with Crippen molar-refractivity contribution in [2.24, 2.45) is 0 Å². The summed E-state index contributed by atoms with van der Waals surface area (Å²) in [7, 11) is 8.45. The zero-order valence-corrected chi connectivity index (χ0v) is 25.8. The Morgan fingerprint density at radius 3 is 1.45 bits per heavy atom. The fourth-order valence-electron chi connectivity index (χ4n) is 5.33. The third kappa shape index (κ3) is 8.04. The minimum Gasteiger partial charge on any atom is -0.383 e. The first-order chi connectivity index (χ1) is 20.5. The number of rotatable bonds is 17. The molecule has 2 fully saturated rings. The van der Waals surface area contributed by atoms with Crippen LogP contribution in [0.15, 0.2) is 0 Å². The van der Waals surface area contributed by atoms with Crippen LogP contribution in [0.1, 0.15) is 19.3 Å². The van der Waals surface area contributed by atoms with Gasteiger partial charge >= 0.3 is 0 Å². The topological polar surface area (TPSA) is 111 Å². The van der Waals surface area contributed by atoms with Crippen molar-refractivity contribution in [3.63, 3.8) is 0 Å². The number of nitrogens with zero attached hydrogens (tertiary/aromatic N) is 8. The molecule has 4 heterocycles. The van der Waals surface area contributed by atoms with Gasteiger partial charge in [0.15, 0.2) is 11.6 Å². The van der Waals surface area contributed by atoms with Gasteiger partial charge in [0.1, 0.15) is 17.2 Å². The lowest BCUT2D eigenvalue weighted by Gasteiger charge is -2.34. The average molecular weight is 595 g/mol. The predicted molar refractivity (Wildman–Crippen MR) is 161 cm³/mol. The molecule has 0 aliphatic carbocycles. The van der Waals surface area contributed by atoms with Crippen molar-refractivity contribution in [2.75, 3.05) is 134 Å². The first kappa shape index (κ1) is 32.3. The summed E-state index contributed by atoms with van der Waals surface area (Å²) in [4.78, 5) is 28.6. The fraction of sp³-hybridized carbons (Fsp3) is 0.786. The number of fused-ring (bicyclic) bond motifs is 1. The van der Waals surface area contributed by atoms with Crippen molar-refractivity contribution in [3.05, 3.63) is 0 Å². The van der Waals surface area contributed by atoms with E-state index in [2.05, 4.69) is 9.80 Å². The van der Waals surface area contributed by atoms with Crippen molar-refractivity contribution in [2.45, 2.75) is 31.5 Å². The fourth-order valence-corrected chi connectivity index (χ4v) is 5.33. The van der Waals surface area contributed by atoms with E-state index < -0.39 is 6.17 Å². The van der Waals surface area contributed by atoms with Crippen LogP contribution in [0.2, 0.25) is 0 Å². The van der Waals surface area contributed by atoms with Crippen LogP contribution in [-0.4, -0.2) is 147 Å². The molecule has 4 rings (SSSR count). The zero-order chi connectivity index (χ0) is 29.9. The molecule has 0 unspecified atom stereocenters. The Kier molecular flexibility index (Phi) is 12.5. The number of halogens is 1. The van der Waals surface area contributed by atoms with Gasteiger partial charge in [-0.1, -0.05) is 0 Å². The Morgan fingerprint density at radius 2 is 1.07 bits per heavy atom. The van der Waals surface area contributed by atoms with Gasteiger partial charge in [-0.2, -0.15) is 9.97 Å². The molecule has 2 saturated heterocycles. The number of hydrogen-bond acceptors (Lipinski definition) is 13. The lowest BCUT2D eigenvalue weighted by molar-refractivity contribution is 0.0818. The maximum absolute atomic E-state index is 14.6. The number of methoxy groups -OCH3 is 5. The smallest absolute Gasteiger partial charge is 0.228 e. The lowest BCUT2D eigenvalue weighted by atomic mass is 10.1. The second-order valence-electron chi connectivity index (χ2n) is 10.6. The summed E-state index contributed by atoms with van der Waals surface area (Å²) in [6, 6.07) is 0. The molecule has 2 aliphatic rings. The SMILES string of the molecule is COCCN(CCOC)c1nc(N2CC[C@H](F)C2)c2nc(N(CCOC)CCOC)nc(N3CCC(OC)CC3)c2n1. The molecule has 0 spiro atoms. The van der Waals surface area contributed by atoms with Gasteiger partial charge in [-0.05, 0) is 19.3 Å². The molecule has 1 atom stereocenters. The minimum absolute atomic E-state index is 0.208. The Balaban J connectivity index is 1.90. The highest BCUT2D eigenvalue weighted by molar-refractivity contribution is 5.95. The maximum Gasteiger partial charge on any atom is 0.228 e. The van der Waals surface area contributed by atoms with Gasteiger partial charge in [0.05, 0.1) is 39.1 Å². The van der Waals surface area contributed by atoms with Crippen LogP contribution in [0, 0.1) is 0 Å². The predicted octanol–water partition coefficient (Wildman–Crippen LogP) is 1.78. The van der Waals surface area contributed by atoms with E-state index in [1.165, 1.54) is 0 Å². The second kappa shape index (κ2) is 16.3. The van der Waals surface area contributed by atoms with Crippen molar-refractivity contribution >= 4 is 34.6 Å². The van der Waals surface area contributed by atoms with Crippen LogP contribution >= 0.6 is 0 Å². The third-order valence-corrected chi connectivity index (χ3v) is 7.82. The highest BCUT2D eigenvalue weighted by Crippen LogP contribution is 2.35. The molecule has 0 bridgehead atoms. The summed E-state index contributed by atoms with van der Waals surface area (Å²) >= 11 is 0. The number of alkyl halides is 1. The minimum atomic E-state index is -0.926. The standard InChI is InChI=1S/C28H47FN8O5/c1-38-16-12-35(13-17-39-2)27-31-24-23(25(32-27)34-10-7-22(42-5)8-11-34)30-28(36(14-18-40-3)15-19-41-4)33-26(24)37-9-6-21(29)20-37/h21-22H,6-20H2,1-5H3/t21-/m0/s1. The molecular formula is C28H47FN8O5. The summed E-state index contributed by atoms with van der Waals surface area (Å²) in [5.74, 6) is 2.42.